The Morgan fingerprint density at radius 2 is 1.28 bits per heavy atom. The van der Waals surface area contributed by atoms with Crippen LogP contribution in [0.1, 0.15) is 117 Å². The largest absolute Gasteiger partial charge is 0.463 e. The van der Waals surface area contributed by atoms with Crippen LogP contribution >= 0.6 is 0 Å². The van der Waals surface area contributed by atoms with Crippen LogP contribution in [0.2, 0.25) is 0 Å². The fraction of sp³-hybridized carbons (Fsp3) is 0.880. The first-order valence-corrected chi connectivity index (χ1v) is 12.2. The van der Waals surface area contributed by atoms with E-state index in [1.807, 2.05) is 0 Å². The van der Waals surface area contributed by atoms with E-state index in [9.17, 15) is 4.79 Å². The highest BCUT2D eigenvalue weighted by atomic mass is 16.5. The van der Waals surface area contributed by atoms with Crippen molar-refractivity contribution in [2.24, 2.45) is 5.92 Å². The number of aliphatic hydroxyl groups is 2. The van der Waals surface area contributed by atoms with Crippen molar-refractivity contribution in [3.05, 3.63) is 12.2 Å². The molecule has 0 rings (SSSR count). The molecule has 29 heavy (non-hydrogen) atoms. The molecule has 0 aromatic carbocycles. The minimum atomic E-state index is -0.969. The minimum Gasteiger partial charge on any atom is -0.463 e. The van der Waals surface area contributed by atoms with Gasteiger partial charge in [-0.15, -0.1) is 0 Å². The lowest BCUT2D eigenvalue weighted by Crippen LogP contribution is -2.21. The number of rotatable bonds is 21. The zero-order valence-corrected chi connectivity index (χ0v) is 19.2. The van der Waals surface area contributed by atoms with Gasteiger partial charge in [-0.05, 0) is 31.6 Å². The topological polar surface area (TPSA) is 66.8 Å². The zero-order chi connectivity index (χ0) is 21.6. The molecule has 0 spiro atoms. The SMILES string of the molecule is CC(C)CCCCCCCCCCCCCC=CCCCC(=O)OC[C@@H](O)CO. The summed E-state index contributed by atoms with van der Waals surface area (Å²) in [5, 5.41) is 17.7. The summed E-state index contributed by atoms with van der Waals surface area (Å²) >= 11 is 0. The lowest BCUT2D eigenvalue weighted by Gasteiger charge is -2.07. The van der Waals surface area contributed by atoms with Crippen molar-refractivity contribution in [1.29, 1.82) is 0 Å². The van der Waals surface area contributed by atoms with Crippen molar-refractivity contribution in [2.45, 2.75) is 123 Å². The molecule has 0 bridgehead atoms. The van der Waals surface area contributed by atoms with Crippen molar-refractivity contribution >= 4 is 5.97 Å². The highest BCUT2D eigenvalue weighted by Crippen LogP contribution is 2.14. The molecule has 0 aliphatic heterocycles. The number of allylic oxidation sites excluding steroid dienone is 2. The molecule has 0 saturated heterocycles. The summed E-state index contributed by atoms with van der Waals surface area (Å²) in [4.78, 5) is 11.4. The van der Waals surface area contributed by atoms with Crippen LogP contribution in [-0.4, -0.2) is 35.5 Å². The van der Waals surface area contributed by atoms with E-state index in [-0.39, 0.29) is 19.2 Å². The predicted molar refractivity (Wildman–Crippen MR) is 122 cm³/mol. The van der Waals surface area contributed by atoms with Gasteiger partial charge < -0.3 is 14.9 Å². The van der Waals surface area contributed by atoms with E-state index in [0.29, 0.717) is 6.42 Å². The monoisotopic (exact) mass is 412 g/mol. The number of hydrogen-bond donors (Lipinski definition) is 2. The van der Waals surface area contributed by atoms with Crippen LogP contribution in [0, 0.1) is 5.92 Å². The number of unbranched alkanes of at least 4 members (excludes halogenated alkanes) is 12. The van der Waals surface area contributed by atoms with Gasteiger partial charge in [0.1, 0.15) is 12.7 Å². The van der Waals surface area contributed by atoms with Crippen molar-refractivity contribution in [1.82, 2.24) is 0 Å². The molecule has 0 radical (unpaired) electrons. The lowest BCUT2D eigenvalue weighted by molar-refractivity contribution is -0.147. The molecule has 0 aliphatic rings. The molecule has 0 heterocycles. The zero-order valence-electron chi connectivity index (χ0n) is 19.2. The molecule has 0 fully saturated rings. The van der Waals surface area contributed by atoms with Crippen LogP contribution < -0.4 is 0 Å². The second-order valence-corrected chi connectivity index (χ2v) is 8.74. The Balaban J connectivity index is 3.22. The summed E-state index contributed by atoms with van der Waals surface area (Å²) in [6, 6.07) is 0. The first kappa shape index (κ1) is 28.1. The molecule has 0 amide bonds. The Bertz CT molecular complexity index is 379. The van der Waals surface area contributed by atoms with Gasteiger partial charge >= 0.3 is 5.97 Å². The van der Waals surface area contributed by atoms with E-state index >= 15 is 0 Å². The van der Waals surface area contributed by atoms with Crippen LogP contribution in [0.5, 0.6) is 0 Å². The van der Waals surface area contributed by atoms with E-state index in [1.54, 1.807) is 0 Å². The van der Waals surface area contributed by atoms with Gasteiger partial charge in [-0.3, -0.25) is 4.79 Å². The normalized spacial score (nSPS) is 12.7. The van der Waals surface area contributed by atoms with E-state index in [4.69, 9.17) is 14.9 Å². The smallest absolute Gasteiger partial charge is 0.305 e. The molecule has 2 N–H and O–H groups in total. The number of hydrogen-bond acceptors (Lipinski definition) is 4. The molecular formula is C25H48O4. The Kier molecular flexibility index (Phi) is 21.2. The van der Waals surface area contributed by atoms with Crippen molar-refractivity contribution in [2.75, 3.05) is 13.2 Å². The number of esters is 1. The van der Waals surface area contributed by atoms with Crippen LogP contribution in [0.3, 0.4) is 0 Å². The average molecular weight is 413 g/mol. The van der Waals surface area contributed by atoms with Crippen molar-refractivity contribution < 1.29 is 19.7 Å². The molecule has 4 nitrogen and oxygen atoms in total. The van der Waals surface area contributed by atoms with Gasteiger partial charge in [0.15, 0.2) is 0 Å². The first-order valence-electron chi connectivity index (χ1n) is 12.2. The van der Waals surface area contributed by atoms with Crippen LogP contribution in [0.25, 0.3) is 0 Å². The number of carbonyl (C=O) groups is 1. The Labute approximate surface area is 180 Å². The van der Waals surface area contributed by atoms with Crippen molar-refractivity contribution in [3.8, 4) is 0 Å². The minimum absolute atomic E-state index is 0.121. The standard InChI is InChI=1S/C25H48O4/c1-23(2)19-17-15-13-11-9-7-5-3-4-6-8-10-12-14-16-18-20-25(28)29-22-24(27)21-26/h12,14,23-24,26-27H,3-11,13,15-22H2,1-2H3/t24-/m0/s1. The van der Waals surface area contributed by atoms with E-state index in [0.717, 1.165) is 25.2 Å². The molecule has 0 saturated carbocycles. The number of aliphatic hydroxyl groups excluding tert-OH is 2. The third-order valence-corrected chi connectivity index (χ3v) is 5.22. The van der Waals surface area contributed by atoms with E-state index < -0.39 is 6.10 Å². The molecule has 0 aromatic rings. The Morgan fingerprint density at radius 1 is 0.793 bits per heavy atom. The van der Waals surface area contributed by atoms with Crippen molar-refractivity contribution in [3.63, 3.8) is 0 Å². The van der Waals surface area contributed by atoms with Gasteiger partial charge in [-0.2, -0.15) is 0 Å². The van der Waals surface area contributed by atoms with Gasteiger partial charge in [-0.1, -0.05) is 96.6 Å². The lowest BCUT2D eigenvalue weighted by atomic mass is 10.0. The predicted octanol–water partition coefficient (Wildman–Crippen LogP) is 6.34. The van der Waals surface area contributed by atoms with E-state index in [1.165, 1.54) is 77.0 Å². The quantitative estimate of drug-likeness (QED) is 0.131. The summed E-state index contributed by atoms with van der Waals surface area (Å²) in [5.74, 6) is 0.554. The second-order valence-electron chi connectivity index (χ2n) is 8.74. The van der Waals surface area contributed by atoms with Crippen LogP contribution in [-0.2, 0) is 9.53 Å². The molecule has 4 heteroatoms. The molecule has 0 unspecified atom stereocenters. The van der Waals surface area contributed by atoms with Gasteiger partial charge in [0.05, 0.1) is 6.61 Å². The highest BCUT2D eigenvalue weighted by Gasteiger charge is 2.06. The molecular weight excluding hydrogens is 364 g/mol. The average Bonchev–Trinajstić information content (AvgIpc) is 2.70. The highest BCUT2D eigenvalue weighted by molar-refractivity contribution is 5.69. The molecule has 0 aromatic heterocycles. The number of ether oxygens (including phenoxy) is 1. The second kappa shape index (κ2) is 21.8. The Hall–Kier alpha value is -0.870. The number of carbonyl (C=O) groups excluding carboxylic acids is 1. The molecule has 1 atom stereocenters. The maximum Gasteiger partial charge on any atom is 0.305 e. The van der Waals surface area contributed by atoms with Gasteiger partial charge in [0, 0.05) is 6.42 Å². The van der Waals surface area contributed by atoms with Gasteiger partial charge in [0.25, 0.3) is 0 Å². The maximum atomic E-state index is 11.4. The summed E-state index contributed by atoms with van der Waals surface area (Å²) in [6.45, 7) is 4.13. The molecule has 0 aliphatic carbocycles. The van der Waals surface area contributed by atoms with Crippen LogP contribution in [0.15, 0.2) is 12.2 Å². The van der Waals surface area contributed by atoms with Crippen LogP contribution in [0.4, 0.5) is 0 Å². The third-order valence-electron chi connectivity index (χ3n) is 5.22. The summed E-state index contributed by atoms with van der Waals surface area (Å²) in [5.41, 5.74) is 0. The van der Waals surface area contributed by atoms with Gasteiger partial charge in [0.2, 0.25) is 0 Å². The summed E-state index contributed by atoms with van der Waals surface area (Å²) in [6.07, 6.45) is 23.1. The molecule has 172 valence electrons. The summed E-state index contributed by atoms with van der Waals surface area (Å²) < 4.78 is 4.86. The first-order chi connectivity index (χ1) is 14.1. The van der Waals surface area contributed by atoms with Gasteiger partial charge in [-0.25, -0.2) is 0 Å². The van der Waals surface area contributed by atoms with E-state index in [2.05, 4.69) is 26.0 Å². The summed E-state index contributed by atoms with van der Waals surface area (Å²) in [7, 11) is 0. The Morgan fingerprint density at radius 3 is 1.79 bits per heavy atom. The fourth-order valence-electron chi connectivity index (χ4n) is 3.32. The maximum absolute atomic E-state index is 11.4. The third kappa shape index (κ3) is 23.3. The fourth-order valence-corrected chi connectivity index (χ4v) is 3.32.